The lowest BCUT2D eigenvalue weighted by Crippen LogP contribution is -2.11. The van der Waals surface area contributed by atoms with Crippen LogP contribution in [0, 0.1) is 0 Å². The van der Waals surface area contributed by atoms with E-state index in [0.29, 0.717) is 5.02 Å². The summed E-state index contributed by atoms with van der Waals surface area (Å²) in [5, 5.41) is 0.460. The second kappa shape index (κ2) is 6.87. The Hall–Kier alpha value is -0.740. The van der Waals surface area contributed by atoms with Crippen LogP contribution in [0.25, 0.3) is 0 Å². The molecule has 0 heterocycles. The lowest BCUT2D eigenvalue weighted by atomic mass is 10.1. The van der Waals surface area contributed by atoms with E-state index in [9.17, 15) is 9.18 Å². The summed E-state index contributed by atoms with van der Waals surface area (Å²) in [4.78, 5) is 12.1. The molecule has 17 heavy (non-hydrogen) atoms. The summed E-state index contributed by atoms with van der Waals surface area (Å²) >= 11 is 7.56. The lowest BCUT2D eigenvalue weighted by molar-refractivity contribution is -0.149. The molecule has 0 fully saturated rings. The Balaban J connectivity index is 2.85. The van der Waals surface area contributed by atoms with Crippen molar-refractivity contribution in [2.45, 2.75) is 24.9 Å². The number of hydrogen-bond acceptors (Lipinski definition) is 3. The Labute approximate surface area is 109 Å². The van der Waals surface area contributed by atoms with Crippen molar-refractivity contribution in [2.75, 3.05) is 12.4 Å². The van der Waals surface area contributed by atoms with Crippen LogP contribution in [0.5, 0.6) is 0 Å². The van der Waals surface area contributed by atoms with Gasteiger partial charge < -0.3 is 4.74 Å². The molecule has 0 spiro atoms. The smallest absolute Gasteiger partial charge is 0.345 e. The van der Waals surface area contributed by atoms with Crippen molar-refractivity contribution in [3.05, 3.63) is 28.8 Å². The first kappa shape index (κ1) is 14.3. The quantitative estimate of drug-likeness (QED) is 0.600. The van der Waals surface area contributed by atoms with Crippen LogP contribution in [0.1, 0.15) is 25.6 Å². The van der Waals surface area contributed by atoms with Crippen molar-refractivity contribution in [2.24, 2.45) is 0 Å². The molecule has 0 saturated heterocycles. The molecule has 0 aliphatic carbocycles. The van der Waals surface area contributed by atoms with Crippen molar-refractivity contribution in [1.82, 2.24) is 0 Å². The van der Waals surface area contributed by atoms with E-state index in [2.05, 4.69) is 4.74 Å². The molecule has 2 nitrogen and oxygen atoms in total. The number of carbonyl (C=O) groups is 1. The van der Waals surface area contributed by atoms with Gasteiger partial charge in [-0.2, -0.15) is 0 Å². The summed E-state index contributed by atoms with van der Waals surface area (Å²) in [6, 6.07) is 4.75. The first-order valence-electron chi connectivity index (χ1n) is 5.33. The predicted octanol–water partition coefficient (Wildman–Crippen LogP) is 4.03. The Morgan fingerprint density at radius 3 is 2.76 bits per heavy atom. The Kier molecular flexibility index (Phi) is 5.78. The Morgan fingerprint density at radius 2 is 2.24 bits per heavy atom. The van der Waals surface area contributed by atoms with Gasteiger partial charge in [-0.15, -0.1) is 11.8 Å². The van der Waals surface area contributed by atoms with Gasteiger partial charge in [0.25, 0.3) is 0 Å². The van der Waals surface area contributed by atoms with Crippen LogP contribution in [0.4, 0.5) is 4.39 Å². The van der Waals surface area contributed by atoms with E-state index in [1.165, 1.54) is 6.07 Å². The van der Waals surface area contributed by atoms with E-state index < -0.39 is 12.1 Å². The number of carbonyl (C=O) groups excluding carboxylic acids is 1. The minimum atomic E-state index is -1.77. The van der Waals surface area contributed by atoms with E-state index in [4.69, 9.17) is 11.6 Å². The van der Waals surface area contributed by atoms with Crippen LogP contribution >= 0.6 is 23.4 Å². The van der Waals surface area contributed by atoms with Crippen molar-refractivity contribution in [3.63, 3.8) is 0 Å². The van der Waals surface area contributed by atoms with Crippen LogP contribution in [0.3, 0.4) is 0 Å². The first-order chi connectivity index (χ1) is 8.10. The number of alkyl halides is 1. The summed E-state index contributed by atoms with van der Waals surface area (Å²) in [5.41, 5.74) is 0.230. The highest BCUT2D eigenvalue weighted by atomic mass is 35.5. The van der Waals surface area contributed by atoms with Gasteiger partial charge in [0.1, 0.15) is 0 Å². The normalized spacial score (nSPS) is 12.2. The van der Waals surface area contributed by atoms with E-state index in [-0.39, 0.29) is 12.2 Å². The standard InChI is InChI=1S/C12H14ClFO2S/c1-3-16-12(15)11(14)8-5-6-10(17-4-2)9(13)7-8/h5-7,11H,3-4H2,1-2H3. The fraction of sp³-hybridized carbons (Fsp3) is 0.417. The monoisotopic (exact) mass is 276 g/mol. The van der Waals surface area contributed by atoms with Crippen molar-refractivity contribution in [3.8, 4) is 0 Å². The molecule has 0 aliphatic rings. The minimum Gasteiger partial charge on any atom is -0.464 e. The number of ether oxygens (including phenoxy) is 1. The Bertz CT molecular complexity index is 398. The molecular formula is C12H14ClFO2S. The molecule has 0 aliphatic heterocycles. The molecule has 94 valence electrons. The number of halogens is 2. The third kappa shape index (κ3) is 3.89. The molecule has 1 aromatic rings. The van der Waals surface area contributed by atoms with E-state index in [1.807, 2.05) is 6.92 Å². The maximum Gasteiger partial charge on any atom is 0.345 e. The summed E-state index contributed by atoms with van der Waals surface area (Å²) in [5.74, 6) is 0.00942. The number of esters is 1. The molecule has 1 aromatic carbocycles. The average Bonchev–Trinajstić information content (AvgIpc) is 2.31. The van der Waals surface area contributed by atoms with Crippen molar-refractivity contribution < 1.29 is 13.9 Å². The summed E-state index contributed by atoms with van der Waals surface area (Å²) < 4.78 is 18.3. The summed E-state index contributed by atoms with van der Waals surface area (Å²) in [7, 11) is 0. The molecule has 0 bridgehead atoms. The van der Waals surface area contributed by atoms with Gasteiger partial charge in [0.2, 0.25) is 6.17 Å². The van der Waals surface area contributed by atoms with Crippen LogP contribution in [0.15, 0.2) is 23.1 Å². The second-order valence-electron chi connectivity index (χ2n) is 3.24. The van der Waals surface area contributed by atoms with Crippen LogP contribution in [-0.2, 0) is 9.53 Å². The molecule has 5 heteroatoms. The van der Waals surface area contributed by atoms with Gasteiger partial charge >= 0.3 is 5.97 Å². The highest BCUT2D eigenvalue weighted by Gasteiger charge is 2.21. The van der Waals surface area contributed by atoms with Crippen LogP contribution in [0.2, 0.25) is 5.02 Å². The molecule has 1 rings (SSSR count). The van der Waals surface area contributed by atoms with Gasteiger partial charge in [-0.1, -0.05) is 24.6 Å². The van der Waals surface area contributed by atoms with E-state index >= 15 is 0 Å². The predicted molar refractivity (Wildman–Crippen MR) is 68.3 cm³/mol. The molecular weight excluding hydrogens is 263 g/mol. The SMILES string of the molecule is CCOC(=O)C(F)c1ccc(SCC)c(Cl)c1. The van der Waals surface area contributed by atoms with Gasteiger partial charge in [0.15, 0.2) is 0 Å². The maximum atomic E-state index is 13.7. The molecule has 0 radical (unpaired) electrons. The third-order valence-electron chi connectivity index (χ3n) is 2.04. The van der Waals surface area contributed by atoms with Gasteiger partial charge in [-0.25, -0.2) is 9.18 Å². The largest absolute Gasteiger partial charge is 0.464 e. The fourth-order valence-electron chi connectivity index (χ4n) is 1.30. The average molecular weight is 277 g/mol. The van der Waals surface area contributed by atoms with Crippen molar-refractivity contribution >= 4 is 29.3 Å². The van der Waals surface area contributed by atoms with Gasteiger partial charge in [-0.05, 0) is 30.4 Å². The highest BCUT2D eigenvalue weighted by molar-refractivity contribution is 7.99. The lowest BCUT2D eigenvalue weighted by Gasteiger charge is -2.09. The minimum absolute atomic E-state index is 0.163. The van der Waals surface area contributed by atoms with Gasteiger partial charge in [0, 0.05) is 4.90 Å². The number of thioether (sulfide) groups is 1. The van der Waals surface area contributed by atoms with Crippen LogP contribution in [-0.4, -0.2) is 18.3 Å². The second-order valence-corrected chi connectivity index (χ2v) is 4.95. The molecule has 0 N–H and O–H groups in total. The molecule has 0 amide bonds. The number of benzene rings is 1. The van der Waals surface area contributed by atoms with Gasteiger partial charge in [0.05, 0.1) is 11.6 Å². The molecule has 0 aromatic heterocycles. The Morgan fingerprint density at radius 1 is 1.53 bits per heavy atom. The molecule has 0 saturated carbocycles. The van der Waals surface area contributed by atoms with Crippen LogP contribution < -0.4 is 0 Å². The molecule has 1 unspecified atom stereocenters. The van der Waals surface area contributed by atoms with E-state index in [1.54, 1.807) is 30.8 Å². The fourth-order valence-corrected chi connectivity index (χ4v) is 2.32. The number of rotatable bonds is 5. The number of hydrogen-bond donors (Lipinski definition) is 0. The third-order valence-corrected chi connectivity index (χ3v) is 3.42. The first-order valence-corrected chi connectivity index (χ1v) is 6.69. The summed E-state index contributed by atoms with van der Waals surface area (Å²) in [6.45, 7) is 3.81. The zero-order valence-electron chi connectivity index (χ0n) is 9.70. The van der Waals surface area contributed by atoms with Crippen molar-refractivity contribution in [1.29, 1.82) is 0 Å². The highest BCUT2D eigenvalue weighted by Crippen LogP contribution is 2.31. The zero-order chi connectivity index (χ0) is 12.8. The summed E-state index contributed by atoms with van der Waals surface area (Å²) in [6.07, 6.45) is -1.77. The maximum absolute atomic E-state index is 13.7. The topological polar surface area (TPSA) is 26.3 Å². The van der Waals surface area contributed by atoms with E-state index in [0.717, 1.165) is 10.6 Å². The molecule has 1 atom stereocenters. The van der Waals surface area contributed by atoms with Gasteiger partial charge in [-0.3, -0.25) is 0 Å². The zero-order valence-corrected chi connectivity index (χ0v) is 11.3.